The van der Waals surface area contributed by atoms with Gasteiger partial charge in [-0.15, -0.1) is 0 Å². The predicted octanol–water partition coefficient (Wildman–Crippen LogP) is 5.77. The summed E-state index contributed by atoms with van der Waals surface area (Å²) in [6, 6.07) is 17.0. The monoisotopic (exact) mass is 566 g/mol. The van der Waals surface area contributed by atoms with E-state index in [4.69, 9.17) is 0 Å². The van der Waals surface area contributed by atoms with Crippen molar-refractivity contribution >= 4 is 27.7 Å². The molecule has 10 heteroatoms. The first kappa shape index (κ1) is 28.7. The van der Waals surface area contributed by atoms with Crippen LogP contribution in [0.4, 0.5) is 14.5 Å². The number of nitrogens with zero attached hydrogens (tertiary/aromatic N) is 1. The fourth-order valence-corrected chi connectivity index (χ4v) is 5.80. The van der Waals surface area contributed by atoms with Crippen LogP contribution >= 0.6 is 0 Å². The van der Waals surface area contributed by atoms with E-state index in [2.05, 4.69) is 5.32 Å². The van der Waals surface area contributed by atoms with Crippen LogP contribution in [0.3, 0.4) is 0 Å². The van der Waals surface area contributed by atoms with E-state index in [0.29, 0.717) is 29.5 Å². The lowest BCUT2D eigenvalue weighted by molar-refractivity contribution is -0.127. The predicted molar refractivity (Wildman–Crippen MR) is 147 cm³/mol. The van der Waals surface area contributed by atoms with E-state index in [0.717, 1.165) is 5.41 Å². The molecule has 208 valence electrons. The summed E-state index contributed by atoms with van der Waals surface area (Å²) in [7, 11) is -3.78. The zero-order valence-electron chi connectivity index (χ0n) is 21.8. The van der Waals surface area contributed by atoms with Crippen molar-refractivity contribution in [2.24, 2.45) is 5.92 Å². The maximum atomic E-state index is 13.4. The fourth-order valence-electron chi connectivity index (χ4n) is 4.49. The molecule has 40 heavy (non-hydrogen) atoms. The van der Waals surface area contributed by atoms with Crippen LogP contribution in [-0.2, 0) is 21.2 Å². The van der Waals surface area contributed by atoms with Crippen LogP contribution in [0.25, 0.3) is 0 Å². The molecule has 0 aromatic heterocycles. The second-order valence-electron chi connectivity index (χ2n) is 9.83. The summed E-state index contributed by atoms with van der Waals surface area (Å²) in [5.74, 6) is -1.15. The standard InChI is InChI=1S/C23H23FN2O4S.C7H5FO/c1-14(2)11-19-22(27)21(23(28)26(19)12-15-7-9-16(24)10-8-15)18-13-31(29,30)20-6-4-3-5-17(20)25-18;8-7-3-1-6(5-9)2-4-7/h3-10,13-14,19,25,27H,11-12H2,1-2H3;1-5H/t19-;/m0./s1. The number of aliphatic hydroxyl groups is 1. The molecule has 0 spiro atoms. The van der Waals surface area contributed by atoms with Gasteiger partial charge in [0.25, 0.3) is 5.91 Å². The third kappa shape index (κ3) is 6.28. The Bertz CT molecular complexity index is 1580. The number of rotatable bonds is 6. The van der Waals surface area contributed by atoms with Gasteiger partial charge in [0, 0.05) is 12.1 Å². The molecule has 0 saturated heterocycles. The first-order valence-electron chi connectivity index (χ1n) is 12.5. The first-order valence-corrected chi connectivity index (χ1v) is 14.1. The summed E-state index contributed by atoms with van der Waals surface area (Å²) in [4.78, 5) is 25.0. The highest BCUT2D eigenvalue weighted by atomic mass is 32.2. The van der Waals surface area contributed by atoms with E-state index < -0.39 is 21.8 Å². The van der Waals surface area contributed by atoms with Crippen molar-refractivity contribution in [3.63, 3.8) is 0 Å². The van der Waals surface area contributed by atoms with E-state index in [1.54, 1.807) is 30.3 Å². The minimum atomic E-state index is -3.78. The van der Waals surface area contributed by atoms with E-state index in [9.17, 15) is 31.9 Å². The van der Waals surface area contributed by atoms with Gasteiger partial charge in [0.05, 0.1) is 27.7 Å². The zero-order chi connectivity index (χ0) is 29.0. The molecule has 0 bridgehead atoms. The van der Waals surface area contributed by atoms with Gasteiger partial charge in [-0.25, -0.2) is 17.2 Å². The van der Waals surface area contributed by atoms with Gasteiger partial charge in [0.15, 0.2) is 0 Å². The average Bonchev–Trinajstić information content (AvgIpc) is 3.14. The van der Waals surface area contributed by atoms with Gasteiger partial charge in [-0.1, -0.05) is 38.1 Å². The highest BCUT2D eigenvalue weighted by Crippen LogP contribution is 2.38. The normalized spacial score (nSPS) is 17.5. The molecular weight excluding hydrogens is 538 g/mol. The highest BCUT2D eigenvalue weighted by molar-refractivity contribution is 7.94. The molecule has 2 aliphatic heterocycles. The number of carbonyl (C=O) groups is 2. The van der Waals surface area contributed by atoms with Crippen LogP contribution in [0.1, 0.15) is 36.2 Å². The lowest BCUT2D eigenvalue weighted by Gasteiger charge is -2.27. The average molecular weight is 567 g/mol. The van der Waals surface area contributed by atoms with Gasteiger partial charge in [-0.3, -0.25) is 9.59 Å². The SMILES string of the molecule is CC(C)C[C@H]1C(O)=C(C2=CS(=O)(=O)c3ccccc3N2)C(=O)N1Cc1ccc(F)cc1.O=Cc1ccc(F)cc1. The lowest BCUT2D eigenvalue weighted by atomic mass is 10.0. The summed E-state index contributed by atoms with van der Waals surface area (Å²) in [6.45, 7) is 4.12. The molecule has 0 radical (unpaired) electrons. The Balaban J connectivity index is 0.000000350. The summed E-state index contributed by atoms with van der Waals surface area (Å²) < 4.78 is 50.9. The number of para-hydroxylation sites is 1. The number of nitrogens with one attached hydrogen (secondary N) is 1. The van der Waals surface area contributed by atoms with Crippen LogP contribution in [-0.4, -0.2) is 36.7 Å². The summed E-state index contributed by atoms with van der Waals surface area (Å²) in [5, 5.41) is 15.0. The number of amides is 1. The Morgan fingerprint density at radius 3 is 2.17 bits per heavy atom. The van der Waals surface area contributed by atoms with Gasteiger partial charge in [-0.2, -0.15) is 0 Å². The molecule has 5 rings (SSSR count). The van der Waals surface area contributed by atoms with Crippen molar-refractivity contribution in [2.75, 3.05) is 5.32 Å². The molecule has 2 aliphatic rings. The topological polar surface area (TPSA) is 104 Å². The van der Waals surface area contributed by atoms with Crippen LogP contribution in [0, 0.1) is 17.6 Å². The Kier molecular flexibility index (Phi) is 8.49. The smallest absolute Gasteiger partial charge is 0.260 e. The number of sulfone groups is 1. The van der Waals surface area contributed by atoms with Crippen LogP contribution in [0.2, 0.25) is 0 Å². The first-order chi connectivity index (χ1) is 19.0. The highest BCUT2D eigenvalue weighted by Gasteiger charge is 2.42. The molecule has 2 heterocycles. The van der Waals surface area contributed by atoms with E-state index in [-0.39, 0.29) is 46.0 Å². The Morgan fingerprint density at radius 1 is 0.975 bits per heavy atom. The number of hydrogen-bond acceptors (Lipinski definition) is 6. The second kappa shape index (κ2) is 11.8. The van der Waals surface area contributed by atoms with Gasteiger partial charge < -0.3 is 15.3 Å². The Morgan fingerprint density at radius 2 is 1.57 bits per heavy atom. The molecule has 1 atom stereocenters. The minimum absolute atomic E-state index is 0.0501. The van der Waals surface area contributed by atoms with Crippen molar-refractivity contribution < 1.29 is 31.9 Å². The quantitative estimate of drug-likeness (QED) is 0.367. The fraction of sp³-hybridized carbons (Fsp3) is 0.200. The van der Waals surface area contributed by atoms with Crippen LogP contribution in [0.15, 0.2) is 100 Å². The number of aldehydes is 1. The molecule has 3 aromatic rings. The third-order valence-electron chi connectivity index (χ3n) is 6.39. The Labute approximate surface area is 231 Å². The van der Waals surface area contributed by atoms with E-state index in [1.807, 2.05) is 13.8 Å². The van der Waals surface area contributed by atoms with Gasteiger partial charge in [0.1, 0.15) is 29.3 Å². The second-order valence-corrected chi connectivity index (χ2v) is 11.6. The number of halogens is 2. The molecular formula is C30H28F2N2O5S. The lowest BCUT2D eigenvalue weighted by Crippen LogP contribution is -2.36. The summed E-state index contributed by atoms with van der Waals surface area (Å²) in [6.07, 6.45) is 1.18. The number of anilines is 1. The third-order valence-corrected chi connectivity index (χ3v) is 7.91. The van der Waals surface area contributed by atoms with E-state index >= 15 is 0 Å². The molecule has 3 aromatic carbocycles. The van der Waals surface area contributed by atoms with Crippen molar-refractivity contribution in [3.8, 4) is 0 Å². The molecule has 2 N–H and O–H groups in total. The molecule has 0 fully saturated rings. The number of benzene rings is 3. The van der Waals surface area contributed by atoms with E-state index in [1.165, 1.54) is 47.4 Å². The number of fused-ring (bicyclic) bond motifs is 1. The molecule has 0 aliphatic carbocycles. The van der Waals surface area contributed by atoms with Crippen LogP contribution in [0.5, 0.6) is 0 Å². The van der Waals surface area contributed by atoms with Crippen molar-refractivity contribution in [3.05, 3.63) is 118 Å². The van der Waals surface area contributed by atoms with Crippen molar-refractivity contribution in [1.29, 1.82) is 0 Å². The number of hydrogen-bond donors (Lipinski definition) is 2. The Hall–Kier alpha value is -4.31. The minimum Gasteiger partial charge on any atom is -0.509 e. The van der Waals surface area contributed by atoms with Crippen LogP contribution < -0.4 is 5.32 Å². The molecule has 0 unspecified atom stereocenters. The molecule has 1 amide bonds. The maximum absolute atomic E-state index is 13.4. The molecule has 0 saturated carbocycles. The number of carbonyl (C=O) groups excluding carboxylic acids is 2. The van der Waals surface area contributed by atoms with Crippen molar-refractivity contribution in [1.82, 2.24) is 4.90 Å². The summed E-state index contributed by atoms with van der Waals surface area (Å²) >= 11 is 0. The summed E-state index contributed by atoms with van der Waals surface area (Å²) in [5.41, 5.74) is 1.56. The maximum Gasteiger partial charge on any atom is 0.260 e. The van der Waals surface area contributed by atoms with Gasteiger partial charge in [-0.05, 0) is 66.4 Å². The zero-order valence-corrected chi connectivity index (χ0v) is 22.7. The van der Waals surface area contributed by atoms with Gasteiger partial charge in [0.2, 0.25) is 9.84 Å². The van der Waals surface area contributed by atoms with Gasteiger partial charge >= 0.3 is 0 Å². The number of aliphatic hydroxyl groups excluding tert-OH is 1. The van der Waals surface area contributed by atoms with Crippen molar-refractivity contribution in [2.45, 2.75) is 37.8 Å². The molecule has 7 nitrogen and oxygen atoms in total. The largest absolute Gasteiger partial charge is 0.509 e.